The standard InChI is InChI=1S/C9H13N3/c1-6-2-3-7-4-8(10)5-11-9(7)12-6/h4-6H,2-3,10H2,1H3,(H,11,12). The van der Waals surface area contributed by atoms with E-state index in [0.717, 1.165) is 24.3 Å². The number of fused-ring (bicyclic) bond motifs is 1. The molecule has 3 heteroatoms. The monoisotopic (exact) mass is 163 g/mol. The number of nitrogen functional groups attached to an aromatic ring is 1. The number of nitrogens with zero attached hydrogens (tertiary/aromatic N) is 1. The Morgan fingerprint density at radius 2 is 2.50 bits per heavy atom. The summed E-state index contributed by atoms with van der Waals surface area (Å²) in [6.45, 7) is 2.17. The number of rotatable bonds is 0. The van der Waals surface area contributed by atoms with E-state index in [1.807, 2.05) is 6.07 Å². The van der Waals surface area contributed by atoms with E-state index in [0.29, 0.717) is 6.04 Å². The van der Waals surface area contributed by atoms with Crippen LogP contribution in [0.2, 0.25) is 0 Å². The van der Waals surface area contributed by atoms with Crippen molar-refractivity contribution < 1.29 is 0 Å². The molecule has 0 bridgehead atoms. The first-order valence-electron chi connectivity index (χ1n) is 4.26. The van der Waals surface area contributed by atoms with Crippen LogP contribution >= 0.6 is 0 Å². The van der Waals surface area contributed by atoms with Crippen molar-refractivity contribution in [1.29, 1.82) is 0 Å². The van der Waals surface area contributed by atoms with Gasteiger partial charge in [0.1, 0.15) is 5.82 Å². The first-order valence-corrected chi connectivity index (χ1v) is 4.26. The van der Waals surface area contributed by atoms with Crippen LogP contribution < -0.4 is 11.1 Å². The van der Waals surface area contributed by atoms with Crippen molar-refractivity contribution in [2.45, 2.75) is 25.8 Å². The Morgan fingerprint density at radius 1 is 1.67 bits per heavy atom. The van der Waals surface area contributed by atoms with Crippen LogP contribution in [0.4, 0.5) is 11.5 Å². The highest BCUT2D eigenvalue weighted by molar-refractivity contribution is 5.53. The molecule has 0 saturated carbocycles. The fourth-order valence-corrected chi connectivity index (χ4v) is 1.53. The molecule has 0 radical (unpaired) electrons. The Hall–Kier alpha value is -1.25. The summed E-state index contributed by atoms with van der Waals surface area (Å²) in [6.07, 6.45) is 3.95. The lowest BCUT2D eigenvalue weighted by atomic mass is 10.0. The summed E-state index contributed by atoms with van der Waals surface area (Å²) in [4.78, 5) is 4.23. The summed E-state index contributed by atoms with van der Waals surface area (Å²) >= 11 is 0. The molecule has 1 aromatic heterocycles. The predicted octanol–water partition coefficient (Wildman–Crippen LogP) is 1.41. The van der Waals surface area contributed by atoms with E-state index in [2.05, 4.69) is 17.2 Å². The van der Waals surface area contributed by atoms with Crippen LogP contribution in [-0.4, -0.2) is 11.0 Å². The Kier molecular flexibility index (Phi) is 1.64. The smallest absolute Gasteiger partial charge is 0.129 e. The molecule has 1 unspecified atom stereocenters. The molecule has 0 fully saturated rings. The van der Waals surface area contributed by atoms with Crippen LogP contribution in [-0.2, 0) is 6.42 Å². The van der Waals surface area contributed by atoms with E-state index in [4.69, 9.17) is 5.73 Å². The van der Waals surface area contributed by atoms with Gasteiger partial charge in [0.15, 0.2) is 0 Å². The minimum Gasteiger partial charge on any atom is -0.397 e. The van der Waals surface area contributed by atoms with Crippen molar-refractivity contribution in [3.05, 3.63) is 17.8 Å². The molecule has 0 spiro atoms. The number of nitrogens with one attached hydrogen (secondary N) is 1. The van der Waals surface area contributed by atoms with Gasteiger partial charge >= 0.3 is 0 Å². The molecule has 12 heavy (non-hydrogen) atoms. The summed E-state index contributed by atoms with van der Waals surface area (Å²) < 4.78 is 0. The highest BCUT2D eigenvalue weighted by atomic mass is 15.0. The molecule has 1 aromatic rings. The molecular weight excluding hydrogens is 150 g/mol. The van der Waals surface area contributed by atoms with Crippen LogP contribution in [0.15, 0.2) is 12.3 Å². The summed E-state index contributed by atoms with van der Waals surface area (Å²) in [7, 11) is 0. The zero-order valence-electron chi connectivity index (χ0n) is 7.17. The largest absolute Gasteiger partial charge is 0.397 e. The van der Waals surface area contributed by atoms with Gasteiger partial charge in [0.25, 0.3) is 0 Å². The van der Waals surface area contributed by atoms with Crippen molar-refractivity contribution >= 4 is 11.5 Å². The number of aromatic nitrogens is 1. The van der Waals surface area contributed by atoms with Gasteiger partial charge in [0, 0.05) is 6.04 Å². The summed E-state index contributed by atoms with van der Waals surface area (Å²) in [6, 6.07) is 2.54. The fourth-order valence-electron chi connectivity index (χ4n) is 1.53. The van der Waals surface area contributed by atoms with E-state index in [1.54, 1.807) is 6.20 Å². The Bertz CT molecular complexity index is 296. The van der Waals surface area contributed by atoms with E-state index < -0.39 is 0 Å². The third kappa shape index (κ3) is 1.22. The number of hydrogen-bond donors (Lipinski definition) is 2. The summed E-state index contributed by atoms with van der Waals surface area (Å²) in [5.74, 6) is 1.00. The normalized spacial score (nSPS) is 21.2. The van der Waals surface area contributed by atoms with Crippen LogP contribution in [0.25, 0.3) is 0 Å². The number of nitrogens with two attached hydrogens (primary N) is 1. The predicted molar refractivity (Wildman–Crippen MR) is 50.1 cm³/mol. The van der Waals surface area contributed by atoms with Crippen LogP contribution in [0.3, 0.4) is 0 Å². The average Bonchev–Trinajstić information content (AvgIpc) is 2.05. The summed E-state index contributed by atoms with van der Waals surface area (Å²) in [5.41, 5.74) is 7.62. The fraction of sp³-hybridized carbons (Fsp3) is 0.444. The van der Waals surface area contributed by atoms with E-state index in [-0.39, 0.29) is 0 Å². The molecule has 0 aliphatic carbocycles. The van der Waals surface area contributed by atoms with Crippen molar-refractivity contribution in [1.82, 2.24) is 4.98 Å². The average molecular weight is 163 g/mol. The van der Waals surface area contributed by atoms with Crippen molar-refractivity contribution in [3.8, 4) is 0 Å². The van der Waals surface area contributed by atoms with Gasteiger partial charge in [0.05, 0.1) is 11.9 Å². The van der Waals surface area contributed by atoms with Gasteiger partial charge in [0.2, 0.25) is 0 Å². The first-order chi connectivity index (χ1) is 5.75. The third-order valence-electron chi connectivity index (χ3n) is 2.22. The van der Waals surface area contributed by atoms with Gasteiger partial charge in [-0.3, -0.25) is 0 Å². The minimum absolute atomic E-state index is 0.536. The number of pyridine rings is 1. The van der Waals surface area contributed by atoms with Gasteiger partial charge in [-0.2, -0.15) is 0 Å². The van der Waals surface area contributed by atoms with E-state index in [9.17, 15) is 0 Å². The molecule has 1 atom stereocenters. The second kappa shape index (κ2) is 2.66. The van der Waals surface area contributed by atoms with Crippen molar-refractivity contribution in [2.24, 2.45) is 0 Å². The van der Waals surface area contributed by atoms with Gasteiger partial charge in [-0.05, 0) is 31.4 Å². The lowest BCUT2D eigenvalue weighted by Crippen LogP contribution is -2.22. The van der Waals surface area contributed by atoms with Crippen molar-refractivity contribution in [3.63, 3.8) is 0 Å². The Labute approximate surface area is 72.0 Å². The highest BCUT2D eigenvalue weighted by Gasteiger charge is 2.14. The Morgan fingerprint density at radius 3 is 3.33 bits per heavy atom. The first kappa shape index (κ1) is 7.40. The van der Waals surface area contributed by atoms with E-state index in [1.165, 1.54) is 5.56 Å². The van der Waals surface area contributed by atoms with Gasteiger partial charge in [-0.15, -0.1) is 0 Å². The van der Waals surface area contributed by atoms with Gasteiger partial charge < -0.3 is 11.1 Å². The van der Waals surface area contributed by atoms with Gasteiger partial charge in [-0.25, -0.2) is 4.98 Å². The maximum absolute atomic E-state index is 5.63. The van der Waals surface area contributed by atoms with Crippen LogP contribution in [0.5, 0.6) is 0 Å². The zero-order valence-corrected chi connectivity index (χ0v) is 7.17. The zero-order chi connectivity index (χ0) is 8.55. The molecule has 0 saturated heterocycles. The lowest BCUT2D eigenvalue weighted by Gasteiger charge is -2.22. The molecule has 1 aliphatic heterocycles. The molecule has 3 nitrogen and oxygen atoms in total. The molecule has 2 heterocycles. The van der Waals surface area contributed by atoms with E-state index >= 15 is 0 Å². The topological polar surface area (TPSA) is 50.9 Å². The molecule has 1 aliphatic rings. The number of anilines is 2. The summed E-state index contributed by atoms with van der Waals surface area (Å²) in [5, 5.41) is 3.32. The SMILES string of the molecule is CC1CCc2cc(N)cnc2N1. The maximum atomic E-state index is 5.63. The lowest BCUT2D eigenvalue weighted by molar-refractivity contribution is 0.674. The van der Waals surface area contributed by atoms with Gasteiger partial charge in [-0.1, -0.05) is 0 Å². The molecule has 3 N–H and O–H groups in total. The molecule has 0 amide bonds. The minimum atomic E-state index is 0.536. The third-order valence-corrected chi connectivity index (χ3v) is 2.22. The molecular formula is C9H13N3. The Balaban J connectivity index is 2.37. The second-order valence-corrected chi connectivity index (χ2v) is 3.36. The number of aryl methyl sites for hydroxylation is 1. The van der Waals surface area contributed by atoms with Crippen molar-refractivity contribution in [2.75, 3.05) is 11.1 Å². The second-order valence-electron chi connectivity index (χ2n) is 3.36. The molecule has 2 rings (SSSR count). The van der Waals surface area contributed by atoms with Crippen LogP contribution in [0.1, 0.15) is 18.9 Å². The quantitative estimate of drug-likeness (QED) is 0.608. The number of hydrogen-bond acceptors (Lipinski definition) is 3. The maximum Gasteiger partial charge on any atom is 0.129 e. The van der Waals surface area contributed by atoms with Crippen LogP contribution in [0, 0.1) is 0 Å². The molecule has 0 aromatic carbocycles. The molecule has 64 valence electrons. The highest BCUT2D eigenvalue weighted by Crippen LogP contribution is 2.23.